The molecule has 1 heterocycles. The molecule has 0 radical (unpaired) electrons. The maximum absolute atomic E-state index is 10.3. The van der Waals surface area contributed by atoms with Gasteiger partial charge in [0, 0.05) is 45.3 Å². The molecule has 0 aromatic carbocycles. The fourth-order valence-corrected chi connectivity index (χ4v) is 2.26. The third-order valence-corrected chi connectivity index (χ3v) is 3.64. The van der Waals surface area contributed by atoms with E-state index in [1.165, 1.54) is 0 Å². The van der Waals surface area contributed by atoms with Crippen molar-refractivity contribution in [3.63, 3.8) is 0 Å². The smallest absolute Gasteiger partial charge is 0.294 e. The summed E-state index contributed by atoms with van der Waals surface area (Å²) in [7, 11) is 0. The van der Waals surface area contributed by atoms with Crippen LogP contribution in [0.15, 0.2) is 0 Å². The normalized spacial score (nSPS) is 21.3. The Morgan fingerprint density at radius 3 is 2.17 bits per heavy atom. The van der Waals surface area contributed by atoms with Crippen molar-refractivity contribution in [2.75, 3.05) is 52.5 Å². The Morgan fingerprint density at radius 2 is 1.61 bits per heavy atom. The fourth-order valence-electron chi connectivity index (χ4n) is 2.26. The molecule has 0 aromatic heterocycles. The first-order chi connectivity index (χ1) is 8.67. The lowest BCUT2D eigenvalue weighted by molar-refractivity contribution is -0.133. The summed E-state index contributed by atoms with van der Waals surface area (Å²) in [5, 5.41) is 0. The Balaban J connectivity index is 2.55. The highest BCUT2D eigenvalue weighted by Gasteiger charge is 2.17. The van der Waals surface area contributed by atoms with Gasteiger partial charge in [0.15, 0.2) is 0 Å². The van der Waals surface area contributed by atoms with Crippen LogP contribution in [0.2, 0.25) is 0 Å². The third kappa shape index (κ3) is 5.33. The number of nitrogens with zero attached hydrogens (tertiary/aromatic N) is 3. The van der Waals surface area contributed by atoms with Crippen LogP contribution in [0.25, 0.3) is 0 Å². The highest BCUT2D eigenvalue weighted by molar-refractivity contribution is 5.36. The van der Waals surface area contributed by atoms with Gasteiger partial charge < -0.3 is 9.64 Å². The van der Waals surface area contributed by atoms with Gasteiger partial charge in [-0.3, -0.25) is 14.6 Å². The number of hydrogen-bond acceptors (Lipinski definition) is 5. The van der Waals surface area contributed by atoms with Crippen molar-refractivity contribution < 1.29 is 9.53 Å². The molecule has 1 rings (SSSR count). The van der Waals surface area contributed by atoms with Gasteiger partial charge in [-0.15, -0.1) is 0 Å². The number of rotatable bonds is 5. The van der Waals surface area contributed by atoms with Crippen LogP contribution in [-0.2, 0) is 9.53 Å². The van der Waals surface area contributed by atoms with Gasteiger partial charge in [-0.25, -0.2) is 0 Å². The number of hydrogen-bond donors (Lipinski definition) is 0. The maximum atomic E-state index is 10.3. The molecular weight excluding hydrogens is 230 g/mol. The predicted molar refractivity (Wildman–Crippen MR) is 72.4 cm³/mol. The average molecular weight is 257 g/mol. The van der Waals surface area contributed by atoms with Gasteiger partial charge in [0.05, 0.1) is 0 Å². The third-order valence-electron chi connectivity index (χ3n) is 3.64. The van der Waals surface area contributed by atoms with Gasteiger partial charge in [-0.2, -0.15) is 0 Å². The molecule has 0 bridgehead atoms. The van der Waals surface area contributed by atoms with Gasteiger partial charge in [0.1, 0.15) is 6.73 Å². The molecule has 0 aromatic rings. The number of ether oxygens (including phenoxy) is 1. The lowest BCUT2D eigenvalue weighted by atomic mass is 10.3. The molecule has 0 atom stereocenters. The Kier molecular flexibility index (Phi) is 7.23. The van der Waals surface area contributed by atoms with Crippen LogP contribution >= 0.6 is 0 Å². The topological polar surface area (TPSA) is 36.0 Å². The lowest BCUT2D eigenvalue weighted by Gasteiger charge is -2.28. The molecule has 0 amide bonds. The van der Waals surface area contributed by atoms with Crippen LogP contribution < -0.4 is 0 Å². The Labute approximate surface area is 111 Å². The van der Waals surface area contributed by atoms with Crippen LogP contribution in [0.1, 0.15) is 20.8 Å². The van der Waals surface area contributed by atoms with E-state index < -0.39 is 0 Å². The monoisotopic (exact) mass is 257 g/mol. The number of carbonyl (C=O) groups is 1. The van der Waals surface area contributed by atoms with E-state index in [4.69, 9.17) is 4.74 Å². The summed E-state index contributed by atoms with van der Waals surface area (Å²) in [6.07, 6.45) is 0. The van der Waals surface area contributed by atoms with Gasteiger partial charge in [0.2, 0.25) is 0 Å². The molecule has 0 spiro atoms. The predicted octanol–water partition coefficient (Wildman–Crippen LogP) is 0.465. The zero-order chi connectivity index (χ0) is 13.4. The first-order valence-electron chi connectivity index (χ1n) is 6.91. The summed E-state index contributed by atoms with van der Waals surface area (Å²) >= 11 is 0. The van der Waals surface area contributed by atoms with E-state index in [-0.39, 0.29) is 0 Å². The molecule has 1 aliphatic rings. The number of likely N-dealkylation sites (N-methyl/N-ethyl adjacent to an activating group) is 1. The minimum absolute atomic E-state index is 0.410. The first-order valence-corrected chi connectivity index (χ1v) is 6.91. The van der Waals surface area contributed by atoms with Crippen molar-refractivity contribution >= 4 is 6.47 Å². The van der Waals surface area contributed by atoms with Crippen molar-refractivity contribution in [3.05, 3.63) is 0 Å². The van der Waals surface area contributed by atoms with Crippen LogP contribution in [0.3, 0.4) is 0 Å². The molecule has 18 heavy (non-hydrogen) atoms. The van der Waals surface area contributed by atoms with Gasteiger partial charge >= 0.3 is 0 Å². The van der Waals surface area contributed by atoms with E-state index >= 15 is 0 Å². The summed E-state index contributed by atoms with van der Waals surface area (Å²) in [5.74, 6) is 0. The summed E-state index contributed by atoms with van der Waals surface area (Å²) in [6.45, 7) is 14.9. The SMILES string of the molecule is CCN1CCN(COC=O)CCN(C(C)C)CC1. The fraction of sp³-hybridized carbons (Fsp3) is 0.923. The van der Waals surface area contributed by atoms with Crippen molar-refractivity contribution in [2.45, 2.75) is 26.8 Å². The van der Waals surface area contributed by atoms with E-state index in [1.807, 2.05) is 0 Å². The van der Waals surface area contributed by atoms with E-state index in [0.717, 1.165) is 45.8 Å². The van der Waals surface area contributed by atoms with E-state index in [2.05, 4.69) is 35.5 Å². The summed E-state index contributed by atoms with van der Waals surface area (Å²) in [6, 6.07) is 0.565. The van der Waals surface area contributed by atoms with Crippen molar-refractivity contribution in [3.8, 4) is 0 Å². The van der Waals surface area contributed by atoms with Crippen LogP contribution in [0, 0.1) is 0 Å². The Morgan fingerprint density at radius 1 is 1.06 bits per heavy atom. The van der Waals surface area contributed by atoms with Gasteiger partial charge in [0.25, 0.3) is 6.47 Å². The second-order valence-corrected chi connectivity index (χ2v) is 5.07. The highest BCUT2D eigenvalue weighted by atomic mass is 16.5. The molecule has 0 saturated carbocycles. The molecule has 5 heteroatoms. The second kappa shape index (κ2) is 8.45. The lowest BCUT2D eigenvalue weighted by Crippen LogP contribution is -2.40. The van der Waals surface area contributed by atoms with Crippen LogP contribution in [0.5, 0.6) is 0 Å². The van der Waals surface area contributed by atoms with E-state index in [9.17, 15) is 4.79 Å². The standard InChI is InChI=1S/C13H27N3O2/c1-4-14-5-6-15(11-18-12-17)8-10-16(9-7-14)13(2)3/h12-13H,4-11H2,1-3H3. The average Bonchev–Trinajstić information content (AvgIpc) is 2.46. The minimum Gasteiger partial charge on any atom is -0.452 e. The number of carbonyl (C=O) groups excluding carboxylic acids is 1. The van der Waals surface area contributed by atoms with Gasteiger partial charge in [-0.05, 0) is 20.4 Å². The summed E-state index contributed by atoms with van der Waals surface area (Å²) in [5.41, 5.74) is 0. The molecule has 0 N–H and O–H groups in total. The van der Waals surface area contributed by atoms with E-state index in [0.29, 0.717) is 19.2 Å². The first kappa shape index (κ1) is 15.4. The quantitative estimate of drug-likeness (QED) is 0.669. The highest BCUT2D eigenvalue weighted by Crippen LogP contribution is 2.03. The molecule has 1 fully saturated rings. The zero-order valence-corrected chi connectivity index (χ0v) is 12.0. The van der Waals surface area contributed by atoms with Crippen LogP contribution in [0.4, 0.5) is 0 Å². The molecule has 106 valence electrons. The second-order valence-electron chi connectivity index (χ2n) is 5.07. The van der Waals surface area contributed by atoms with Crippen molar-refractivity contribution in [1.82, 2.24) is 14.7 Å². The molecule has 5 nitrogen and oxygen atoms in total. The van der Waals surface area contributed by atoms with Crippen LogP contribution in [-0.4, -0.2) is 79.8 Å². The Hall–Kier alpha value is -0.650. The molecule has 1 aliphatic heterocycles. The molecular formula is C13H27N3O2. The molecule has 1 saturated heterocycles. The Bertz CT molecular complexity index is 236. The largest absolute Gasteiger partial charge is 0.452 e. The summed E-state index contributed by atoms with van der Waals surface area (Å²) in [4.78, 5) is 17.4. The minimum atomic E-state index is 0.410. The molecule has 0 aliphatic carbocycles. The van der Waals surface area contributed by atoms with Gasteiger partial charge in [-0.1, -0.05) is 6.92 Å². The maximum Gasteiger partial charge on any atom is 0.294 e. The van der Waals surface area contributed by atoms with Crippen molar-refractivity contribution in [1.29, 1.82) is 0 Å². The molecule has 0 unspecified atom stereocenters. The van der Waals surface area contributed by atoms with Crippen molar-refractivity contribution in [2.24, 2.45) is 0 Å². The zero-order valence-electron chi connectivity index (χ0n) is 12.0. The van der Waals surface area contributed by atoms with E-state index in [1.54, 1.807) is 0 Å². The summed E-state index contributed by atoms with van der Waals surface area (Å²) < 4.78 is 4.88.